The number of carbonyl (C=O) groups is 1. The van der Waals surface area contributed by atoms with E-state index in [0.29, 0.717) is 0 Å². The molecule has 3 nitrogen and oxygen atoms in total. The van der Waals surface area contributed by atoms with E-state index in [1.807, 2.05) is 20.8 Å². The zero-order chi connectivity index (χ0) is 23.6. The van der Waals surface area contributed by atoms with Crippen LogP contribution in [0, 0.1) is 0 Å². The number of unbranched alkanes of at least 4 members (excludes halogenated alkanes) is 3. The number of carbonyl (C=O) groups excluding carboxylic acids is 1. The summed E-state index contributed by atoms with van der Waals surface area (Å²) in [6.45, 7) is 12.7. The standard InChI is InChI=1S/C16H18NO2.3C4H9.Sn/c1-16(2,3)19-15(18)17-11-13-9-6-8-12-7-4-5-10-14(12)13;3*1-3-4-2;/h4-11H,1-3H3,(H,17,18);3*1,3-4H2,2H3;. The van der Waals surface area contributed by atoms with Gasteiger partial charge in [-0.05, 0) is 0 Å². The first kappa shape index (κ1) is 27.0. The van der Waals surface area contributed by atoms with Gasteiger partial charge in [-0.15, -0.1) is 0 Å². The van der Waals surface area contributed by atoms with Gasteiger partial charge in [0.2, 0.25) is 0 Å². The van der Waals surface area contributed by atoms with E-state index in [1.165, 1.54) is 68.2 Å². The Morgan fingerprint density at radius 1 is 0.875 bits per heavy atom. The van der Waals surface area contributed by atoms with Crippen LogP contribution in [0.4, 0.5) is 4.79 Å². The molecule has 0 aliphatic carbocycles. The number of fused-ring (bicyclic) bond motifs is 1. The first-order chi connectivity index (χ1) is 15.3. The maximum absolute atomic E-state index is 13.1. The summed E-state index contributed by atoms with van der Waals surface area (Å²) in [5.74, 6) is 0. The molecule has 1 unspecified atom stereocenters. The van der Waals surface area contributed by atoms with Crippen LogP contribution in [0.3, 0.4) is 0 Å². The third-order valence-electron chi connectivity index (χ3n) is 6.49. The van der Waals surface area contributed by atoms with Crippen molar-refractivity contribution in [3.05, 3.63) is 48.0 Å². The summed E-state index contributed by atoms with van der Waals surface area (Å²) in [5.41, 5.74) is 0.815. The molecule has 0 aromatic heterocycles. The van der Waals surface area contributed by atoms with Crippen molar-refractivity contribution in [3.8, 4) is 0 Å². The molecule has 0 saturated carbocycles. The van der Waals surface area contributed by atoms with E-state index >= 15 is 0 Å². The minimum atomic E-state index is -2.88. The Balaban J connectivity index is 2.63. The Kier molecular flexibility index (Phi) is 10.9. The fraction of sp³-hybridized carbons (Fsp3) is 0.607. The van der Waals surface area contributed by atoms with Crippen molar-refractivity contribution in [2.24, 2.45) is 0 Å². The van der Waals surface area contributed by atoms with Crippen LogP contribution in [0.5, 0.6) is 0 Å². The van der Waals surface area contributed by atoms with Gasteiger partial charge < -0.3 is 0 Å². The molecule has 1 N–H and O–H groups in total. The number of alkyl carbamates (subject to hydrolysis) is 1. The third-order valence-corrected chi connectivity index (χ3v) is 22.8. The van der Waals surface area contributed by atoms with Gasteiger partial charge in [0.1, 0.15) is 0 Å². The van der Waals surface area contributed by atoms with Gasteiger partial charge in [0.25, 0.3) is 0 Å². The zero-order valence-corrected chi connectivity index (χ0v) is 24.2. The van der Waals surface area contributed by atoms with Gasteiger partial charge in [0, 0.05) is 0 Å². The van der Waals surface area contributed by atoms with E-state index in [-0.39, 0.29) is 10.2 Å². The molecule has 1 atom stereocenters. The van der Waals surface area contributed by atoms with Crippen LogP contribution >= 0.6 is 0 Å². The van der Waals surface area contributed by atoms with Gasteiger partial charge in [-0.1, -0.05) is 0 Å². The van der Waals surface area contributed by atoms with Crippen LogP contribution in [-0.4, -0.2) is 30.1 Å². The van der Waals surface area contributed by atoms with E-state index < -0.39 is 24.0 Å². The number of hydrogen-bond acceptors (Lipinski definition) is 2. The maximum atomic E-state index is 13.1. The average Bonchev–Trinajstić information content (AvgIpc) is 2.76. The Labute approximate surface area is 200 Å². The molecular formula is C28H45NO2Sn. The fourth-order valence-corrected chi connectivity index (χ4v) is 22.4. The molecule has 2 rings (SSSR count). The molecule has 4 heteroatoms. The summed E-state index contributed by atoms with van der Waals surface area (Å²) in [6.07, 6.45) is 7.17. The molecule has 32 heavy (non-hydrogen) atoms. The van der Waals surface area contributed by atoms with Gasteiger partial charge in [0.05, 0.1) is 0 Å². The molecule has 0 heterocycles. The third kappa shape index (κ3) is 7.67. The van der Waals surface area contributed by atoms with E-state index in [4.69, 9.17) is 4.74 Å². The second-order valence-electron chi connectivity index (χ2n) is 10.3. The summed E-state index contributed by atoms with van der Waals surface area (Å²) in [5, 5.41) is 6.01. The van der Waals surface area contributed by atoms with Crippen LogP contribution < -0.4 is 5.32 Å². The summed E-state index contributed by atoms with van der Waals surface area (Å²) in [4.78, 5) is 13.1. The number of benzene rings is 2. The molecular weight excluding hydrogens is 501 g/mol. The number of amides is 1. The minimum absolute atomic E-state index is 0.134. The molecule has 2 aromatic rings. The molecule has 0 spiro atoms. The monoisotopic (exact) mass is 547 g/mol. The molecule has 0 saturated heterocycles. The van der Waals surface area contributed by atoms with Crippen LogP contribution in [0.2, 0.25) is 13.3 Å². The number of rotatable bonds is 12. The van der Waals surface area contributed by atoms with E-state index in [2.05, 4.69) is 68.6 Å². The van der Waals surface area contributed by atoms with Gasteiger partial charge in [-0.25, -0.2) is 0 Å². The Hall–Kier alpha value is -1.23. The Bertz CT molecular complexity index is 816. The molecule has 0 radical (unpaired) electrons. The summed E-state index contributed by atoms with van der Waals surface area (Å²) in [6, 6.07) is 15.2. The zero-order valence-electron chi connectivity index (χ0n) is 21.3. The number of ether oxygens (including phenoxy) is 1. The second-order valence-corrected chi connectivity index (χ2v) is 24.0. The second kappa shape index (κ2) is 12.9. The van der Waals surface area contributed by atoms with Crippen molar-refractivity contribution < 1.29 is 9.53 Å². The van der Waals surface area contributed by atoms with Gasteiger partial charge in [-0.3, -0.25) is 0 Å². The molecule has 0 fully saturated rings. The fourth-order valence-electron chi connectivity index (χ4n) is 4.88. The van der Waals surface area contributed by atoms with Crippen molar-refractivity contribution in [3.63, 3.8) is 0 Å². The van der Waals surface area contributed by atoms with E-state index in [0.717, 1.165) is 0 Å². The van der Waals surface area contributed by atoms with E-state index in [9.17, 15) is 4.79 Å². The van der Waals surface area contributed by atoms with Crippen molar-refractivity contribution in [1.82, 2.24) is 5.32 Å². The van der Waals surface area contributed by atoms with Crippen LogP contribution in [0.1, 0.15) is 89.7 Å². The van der Waals surface area contributed by atoms with Crippen LogP contribution in [-0.2, 0) is 4.74 Å². The predicted octanol–water partition coefficient (Wildman–Crippen LogP) is 8.79. The van der Waals surface area contributed by atoms with Crippen LogP contribution in [0.25, 0.3) is 10.8 Å². The van der Waals surface area contributed by atoms with Crippen molar-refractivity contribution in [2.45, 2.75) is 103 Å². The van der Waals surface area contributed by atoms with Crippen molar-refractivity contribution >= 4 is 35.2 Å². The summed E-state index contributed by atoms with van der Waals surface area (Å²) in [7, 11) is 0. The van der Waals surface area contributed by atoms with Crippen molar-refractivity contribution in [2.75, 3.05) is 0 Å². The normalized spacial score (nSPS) is 13.2. The molecule has 0 aliphatic rings. The number of nitrogens with one attached hydrogen (secondary N) is 1. The molecule has 2 aromatic carbocycles. The molecule has 178 valence electrons. The van der Waals surface area contributed by atoms with E-state index in [1.54, 1.807) is 0 Å². The average molecular weight is 546 g/mol. The van der Waals surface area contributed by atoms with Gasteiger partial charge in [-0.2, -0.15) is 0 Å². The van der Waals surface area contributed by atoms with Gasteiger partial charge >= 0.3 is 201 Å². The first-order valence-electron chi connectivity index (χ1n) is 12.7. The summed E-state index contributed by atoms with van der Waals surface area (Å²) >= 11 is -2.88. The SMILES string of the molecule is CCC[CH2][Sn]([CH2]CCC)([CH2]CCC)[CH](NC(=O)OC(C)(C)C)c1cccc2ccccc12. The molecule has 1 amide bonds. The first-order valence-corrected chi connectivity index (χ1v) is 20.4. The van der Waals surface area contributed by atoms with Gasteiger partial charge in [0.15, 0.2) is 0 Å². The molecule has 0 aliphatic heterocycles. The summed E-state index contributed by atoms with van der Waals surface area (Å²) < 4.78 is 9.91. The molecule has 0 bridgehead atoms. The quantitative estimate of drug-likeness (QED) is 0.270. The topological polar surface area (TPSA) is 38.3 Å². The van der Waals surface area contributed by atoms with Crippen molar-refractivity contribution in [1.29, 1.82) is 0 Å². The van der Waals surface area contributed by atoms with Crippen LogP contribution in [0.15, 0.2) is 42.5 Å². The Morgan fingerprint density at radius 3 is 1.94 bits per heavy atom. The predicted molar refractivity (Wildman–Crippen MR) is 141 cm³/mol. The Morgan fingerprint density at radius 2 is 1.41 bits per heavy atom. The number of hydrogen-bond donors (Lipinski definition) is 1.